The molecule has 3 rings (SSSR count). The van der Waals surface area contributed by atoms with Gasteiger partial charge in [-0.25, -0.2) is 4.98 Å². The van der Waals surface area contributed by atoms with Crippen molar-refractivity contribution in [1.82, 2.24) is 9.88 Å². The van der Waals surface area contributed by atoms with Gasteiger partial charge in [-0.05, 0) is 12.5 Å². The summed E-state index contributed by atoms with van der Waals surface area (Å²) < 4.78 is 39.2. The highest BCUT2D eigenvalue weighted by Gasteiger charge is 2.38. The number of nitrogens with two attached hydrogens (primary N) is 1. The second kappa shape index (κ2) is 6.22. The van der Waals surface area contributed by atoms with Crippen LogP contribution in [-0.4, -0.2) is 29.0 Å². The summed E-state index contributed by atoms with van der Waals surface area (Å²) in [7, 11) is 0. The Hall–Kier alpha value is -1.44. The molecular weight excluding hydrogens is 323 g/mol. The maximum absolute atomic E-state index is 13.1. The number of aromatic nitrogens is 1. The first-order valence-corrected chi connectivity index (χ1v) is 8.22. The molecule has 1 saturated heterocycles. The van der Waals surface area contributed by atoms with E-state index in [9.17, 15) is 13.2 Å². The van der Waals surface area contributed by atoms with Gasteiger partial charge < -0.3 is 5.73 Å². The lowest BCUT2D eigenvalue weighted by molar-refractivity contribution is -0.141. The Morgan fingerprint density at radius 1 is 1.26 bits per heavy atom. The Morgan fingerprint density at radius 3 is 2.61 bits per heavy atom. The number of nitrogens with zero attached hydrogens (tertiary/aromatic N) is 2. The van der Waals surface area contributed by atoms with Crippen molar-refractivity contribution in [3.05, 3.63) is 51.5 Å². The zero-order chi connectivity index (χ0) is 16.6. The third-order valence-corrected chi connectivity index (χ3v) is 5.06. The van der Waals surface area contributed by atoms with Gasteiger partial charge in [-0.3, -0.25) is 4.90 Å². The Bertz CT molecular complexity index is 669. The van der Waals surface area contributed by atoms with Gasteiger partial charge in [0, 0.05) is 31.6 Å². The van der Waals surface area contributed by atoms with Crippen molar-refractivity contribution in [3.63, 3.8) is 0 Å². The number of likely N-dealkylation sites (tertiary alicyclic amines) is 1. The summed E-state index contributed by atoms with van der Waals surface area (Å²) >= 11 is 1.11. The highest BCUT2D eigenvalue weighted by Crippen LogP contribution is 2.36. The maximum atomic E-state index is 13.1. The van der Waals surface area contributed by atoms with Gasteiger partial charge in [0.15, 0.2) is 5.69 Å². The van der Waals surface area contributed by atoms with Gasteiger partial charge in [0.2, 0.25) is 0 Å². The van der Waals surface area contributed by atoms with Crippen LogP contribution < -0.4 is 5.73 Å². The van der Waals surface area contributed by atoms with Crippen LogP contribution in [0, 0.1) is 6.92 Å². The number of hydrogen-bond donors (Lipinski definition) is 1. The number of alkyl halides is 3. The van der Waals surface area contributed by atoms with Crippen LogP contribution in [0.5, 0.6) is 0 Å². The number of benzene rings is 1. The fourth-order valence-electron chi connectivity index (χ4n) is 3.10. The SMILES string of the molecule is Cc1nc(C(F)(F)F)c(CN2C[C@@H](N)[C@H](c3ccccc3)C2)s1. The Morgan fingerprint density at radius 2 is 1.96 bits per heavy atom. The first kappa shape index (κ1) is 16.4. The van der Waals surface area contributed by atoms with E-state index < -0.39 is 11.9 Å². The van der Waals surface area contributed by atoms with Crippen molar-refractivity contribution in [1.29, 1.82) is 0 Å². The van der Waals surface area contributed by atoms with Gasteiger partial charge in [0.05, 0.1) is 9.88 Å². The van der Waals surface area contributed by atoms with Crippen molar-refractivity contribution in [2.45, 2.75) is 31.6 Å². The Balaban J connectivity index is 1.76. The lowest BCUT2D eigenvalue weighted by atomic mass is 9.95. The van der Waals surface area contributed by atoms with Crippen molar-refractivity contribution in [2.24, 2.45) is 5.73 Å². The second-order valence-electron chi connectivity index (χ2n) is 5.88. The van der Waals surface area contributed by atoms with Gasteiger partial charge in [-0.15, -0.1) is 11.3 Å². The first-order valence-electron chi connectivity index (χ1n) is 7.41. The van der Waals surface area contributed by atoms with Crippen LogP contribution in [0.15, 0.2) is 30.3 Å². The molecule has 0 bridgehead atoms. The summed E-state index contributed by atoms with van der Waals surface area (Å²) in [6.07, 6.45) is -4.40. The molecule has 1 aliphatic rings. The van der Waals surface area contributed by atoms with Gasteiger partial charge >= 0.3 is 6.18 Å². The molecule has 23 heavy (non-hydrogen) atoms. The van der Waals surface area contributed by atoms with E-state index in [-0.39, 0.29) is 23.4 Å². The van der Waals surface area contributed by atoms with E-state index in [4.69, 9.17) is 5.73 Å². The zero-order valence-corrected chi connectivity index (χ0v) is 13.5. The fourth-order valence-corrected chi connectivity index (χ4v) is 4.10. The molecule has 1 aliphatic heterocycles. The highest BCUT2D eigenvalue weighted by atomic mass is 32.1. The van der Waals surface area contributed by atoms with Gasteiger partial charge in [-0.2, -0.15) is 13.2 Å². The third-order valence-electron chi connectivity index (χ3n) is 4.11. The van der Waals surface area contributed by atoms with Crippen LogP contribution in [0.2, 0.25) is 0 Å². The van der Waals surface area contributed by atoms with E-state index in [1.54, 1.807) is 6.92 Å². The van der Waals surface area contributed by atoms with Crippen molar-refractivity contribution in [3.8, 4) is 0 Å². The summed E-state index contributed by atoms with van der Waals surface area (Å²) in [6, 6.07) is 9.83. The molecule has 0 radical (unpaired) electrons. The van der Waals surface area contributed by atoms with E-state index >= 15 is 0 Å². The van der Waals surface area contributed by atoms with E-state index in [1.165, 1.54) is 0 Å². The molecule has 7 heteroatoms. The van der Waals surface area contributed by atoms with E-state index in [2.05, 4.69) is 4.98 Å². The molecular formula is C16H18F3N3S. The van der Waals surface area contributed by atoms with Crippen molar-refractivity contribution < 1.29 is 13.2 Å². The topological polar surface area (TPSA) is 42.2 Å². The fraction of sp³-hybridized carbons (Fsp3) is 0.438. The predicted molar refractivity (Wildman–Crippen MR) is 84.3 cm³/mol. The number of hydrogen-bond acceptors (Lipinski definition) is 4. The maximum Gasteiger partial charge on any atom is 0.434 e. The minimum absolute atomic E-state index is 0.0687. The molecule has 124 valence electrons. The molecule has 2 atom stereocenters. The predicted octanol–water partition coefficient (Wildman–Crippen LogP) is 3.40. The normalized spacial score (nSPS) is 22.7. The Labute approximate surface area is 136 Å². The molecule has 2 N–H and O–H groups in total. The van der Waals surface area contributed by atoms with Crippen LogP contribution in [0.4, 0.5) is 13.2 Å². The molecule has 0 spiro atoms. The molecule has 0 amide bonds. The second-order valence-corrected chi connectivity index (χ2v) is 7.17. The smallest absolute Gasteiger partial charge is 0.326 e. The summed E-state index contributed by atoms with van der Waals surface area (Å²) in [6.45, 7) is 3.11. The first-order chi connectivity index (χ1) is 10.8. The standard InChI is InChI=1S/C16H18F3N3S/c1-10-21-15(16(17,18)19)14(23-10)9-22-7-12(13(20)8-22)11-5-3-2-4-6-11/h2-6,12-13H,7-9,20H2,1H3/t12-,13+/m0/s1. The molecule has 1 aromatic heterocycles. The molecule has 2 aromatic rings. The molecule has 1 aromatic carbocycles. The van der Waals surface area contributed by atoms with Gasteiger partial charge in [0.25, 0.3) is 0 Å². The Kier molecular flexibility index (Phi) is 4.44. The largest absolute Gasteiger partial charge is 0.434 e. The van der Waals surface area contributed by atoms with Crippen LogP contribution in [0.3, 0.4) is 0 Å². The number of thiazole rings is 1. The molecule has 2 heterocycles. The van der Waals surface area contributed by atoms with Gasteiger partial charge in [-0.1, -0.05) is 30.3 Å². The average molecular weight is 341 g/mol. The summed E-state index contributed by atoms with van der Waals surface area (Å²) in [5, 5.41) is 0.440. The van der Waals surface area contributed by atoms with E-state index in [0.717, 1.165) is 16.9 Å². The third kappa shape index (κ3) is 3.57. The van der Waals surface area contributed by atoms with Crippen molar-refractivity contribution >= 4 is 11.3 Å². The van der Waals surface area contributed by atoms with Crippen LogP contribution in [-0.2, 0) is 12.7 Å². The monoisotopic (exact) mass is 341 g/mol. The summed E-state index contributed by atoms with van der Waals surface area (Å²) in [4.78, 5) is 5.92. The molecule has 0 saturated carbocycles. The van der Waals surface area contributed by atoms with Crippen LogP contribution in [0.1, 0.15) is 27.1 Å². The van der Waals surface area contributed by atoms with E-state index in [1.807, 2.05) is 35.2 Å². The molecule has 1 fully saturated rings. The van der Waals surface area contributed by atoms with E-state index in [0.29, 0.717) is 18.1 Å². The molecule has 0 unspecified atom stereocenters. The lowest BCUT2D eigenvalue weighted by Gasteiger charge is -2.16. The molecule has 0 aliphatic carbocycles. The number of rotatable bonds is 3. The summed E-state index contributed by atoms with van der Waals surface area (Å²) in [5.74, 6) is 0.152. The lowest BCUT2D eigenvalue weighted by Crippen LogP contribution is -2.28. The quantitative estimate of drug-likeness (QED) is 0.930. The van der Waals surface area contributed by atoms with Crippen LogP contribution in [0.25, 0.3) is 0 Å². The van der Waals surface area contributed by atoms with Crippen LogP contribution >= 0.6 is 11.3 Å². The number of aryl methyl sites for hydroxylation is 1. The minimum Gasteiger partial charge on any atom is -0.326 e. The number of halogens is 3. The minimum atomic E-state index is -4.40. The zero-order valence-electron chi connectivity index (χ0n) is 12.7. The highest BCUT2D eigenvalue weighted by molar-refractivity contribution is 7.11. The van der Waals surface area contributed by atoms with Gasteiger partial charge in [0.1, 0.15) is 0 Å². The summed E-state index contributed by atoms with van der Waals surface area (Å²) in [5.41, 5.74) is 6.59. The average Bonchev–Trinajstić information content (AvgIpc) is 3.03. The van der Waals surface area contributed by atoms with Crippen molar-refractivity contribution in [2.75, 3.05) is 13.1 Å². The molecule has 3 nitrogen and oxygen atoms in total.